The van der Waals surface area contributed by atoms with Crippen molar-refractivity contribution in [3.05, 3.63) is 48.0 Å². The molecule has 0 bridgehead atoms. The van der Waals surface area contributed by atoms with Crippen LogP contribution in [0.25, 0.3) is 0 Å². The lowest BCUT2D eigenvalue weighted by Crippen LogP contribution is -2.21. The maximum atomic E-state index is 10.6. The Morgan fingerprint density at radius 1 is 1.26 bits per heavy atom. The minimum Gasteiger partial charge on any atom is -0.520 e. The zero-order chi connectivity index (χ0) is 13.7. The van der Waals surface area contributed by atoms with Gasteiger partial charge in [-0.25, -0.2) is 0 Å². The van der Waals surface area contributed by atoms with Crippen LogP contribution in [0.15, 0.2) is 48.0 Å². The number of ether oxygens (including phenoxy) is 1. The molecule has 1 aliphatic rings. The van der Waals surface area contributed by atoms with Gasteiger partial charge in [0.25, 0.3) is 0 Å². The molecule has 0 aromatic heterocycles. The minimum absolute atomic E-state index is 0.276. The topological polar surface area (TPSA) is 44.8 Å². The number of para-hydroxylation sites is 2. The first-order valence-electron chi connectivity index (χ1n) is 6.06. The number of hydrogen-bond acceptors (Lipinski definition) is 4. The monoisotopic (exact) mass is 258 g/mol. The Bertz CT molecular complexity index is 497. The number of allylic oxidation sites excluding steroid dienone is 2. The van der Waals surface area contributed by atoms with Crippen molar-refractivity contribution in [3.63, 3.8) is 0 Å². The zero-order valence-electron chi connectivity index (χ0n) is 11.0. The molecule has 0 radical (unpaired) electrons. The predicted molar refractivity (Wildman–Crippen MR) is 73.0 cm³/mol. The second kappa shape index (κ2) is 6.13. The summed E-state index contributed by atoms with van der Waals surface area (Å²) in [7, 11) is -0.408. The summed E-state index contributed by atoms with van der Waals surface area (Å²) in [5.41, 5.74) is 0.976. The molecule has 0 amide bonds. The van der Waals surface area contributed by atoms with Crippen molar-refractivity contribution < 1.29 is 18.8 Å². The Morgan fingerprint density at radius 2 is 1.89 bits per heavy atom. The molecule has 4 nitrogen and oxygen atoms in total. The van der Waals surface area contributed by atoms with Gasteiger partial charge in [-0.1, -0.05) is 23.8 Å². The van der Waals surface area contributed by atoms with E-state index in [4.69, 9.17) is 14.0 Å². The van der Waals surface area contributed by atoms with Gasteiger partial charge < -0.3 is 14.0 Å². The van der Waals surface area contributed by atoms with Gasteiger partial charge in [0.1, 0.15) is 18.1 Å². The van der Waals surface area contributed by atoms with E-state index in [1.54, 1.807) is 0 Å². The fraction of sp³-hybridized carbons (Fsp3) is 0.214. The Kier molecular flexibility index (Phi) is 4.28. The molecule has 0 aliphatic carbocycles. The van der Waals surface area contributed by atoms with Crippen LogP contribution in [0.4, 0.5) is 0 Å². The molecule has 2 rings (SSSR count). The molecule has 0 spiro atoms. The number of hydrogen-bond donors (Lipinski definition) is 0. The fourth-order valence-electron chi connectivity index (χ4n) is 1.59. The molecule has 0 saturated carbocycles. The Labute approximate surface area is 112 Å². The van der Waals surface area contributed by atoms with Gasteiger partial charge in [0.2, 0.25) is 0 Å². The third-order valence-electron chi connectivity index (χ3n) is 2.54. The molecule has 1 aliphatic heterocycles. The molecule has 0 atom stereocenters. The van der Waals surface area contributed by atoms with Crippen LogP contribution in [0.1, 0.15) is 13.8 Å². The third kappa shape index (κ3) is 3.91. The molecular formula is C14H15BO4. The van der Waals surface area contributed by atoms with E-state index in [9.17, 15) is 4.79 Å². The number of fused-ring (bicyclic) bond motifs is 1. The Hall–Kier alpha value is -2.17. The van der Waals surface area contributed by atoms with E-state index in [-0.39, 0.29) is 12.6 Å². The van der Waals surface area contributed by atoms with Crippen LogP contribution in [0.2, 0.25) is 0 Å². The average molecular weight is 258 g/mol. The van der Waals surface area contributed by atoms with Crippen LogP contribution >= 0.6 is 0 Å². The smallest absolute Gasteiger partial charge is 0.520 e. The Balaban J connectivity index is 1.86. The first-order valence-corrected chi connectivity index (χ1v) is 6.06. The molecule has 0 saturated heterocycles. The second-order valence-corrected chi connectivity index (χ2v) is 4.16. The summed E-state index contributed by atoms with van der Waals surface area (Å²) >= 11 is 0. The molecule has 1 aromatic carbocycles. The molecule has 1 heterocycles. The van der Waals surface area contributed by atoms with Crippen molar-refractivity contribution in [2.45, 2.75) is 13.8 Å². The highest BCUT2D eigenvalue weighted by molar-refractivity contribution is 6.53. The third-order valence-corrected chi connectivity index (χ3v) is 2.54. The van der Waals surface area contributed by atoms with E-state index in [1.807, 2.05) is 49.3 Å². The van der Waals surface area contributed by atoms with Gasteiger partial charge in [-0.15, -0.1) is 0 Å². The first kappa shape index (κ1) is 13.3. The summed E-state index contributed by atoms with van der Waals surface area (Å²) < 4.78 is 16.0. The molecular weight excluding hydrogens is 243 g/mol. The summed E-state index contributed by atoms with van der Waals surface area (Å²) in [5, 5.41) is 0. The summed E-state index contributed by atoms with van der Waals surface area (Å²) in [5.74, 6) is 3.03. The van der Waals surface area contributed by atoms with E-state index in [2.05, 4.69) is 0 Å². The van der Waals surface area contributed by atoms with Gasteiger partial charge in [0.05, 0.1) is 0 Å². The van der Waals surface area contributed by atoms with Crippen LogP contribution < -0.4 is 9.31 Å². The van der Waals surface area contributed by atoms with E-state index < -0.39 is 7.12 Å². The number of carbonyl (C=O) groups excluding carboxylic acids is 1. The summed E-state index contributed by atoms with van der Waals surface area (Å²) in [6.45, 7) is 3.58. The summed E-state index contributed by atoms with van der Waals surface area (Å²) in [6, 6.07) is 7.54. The van der Waals surface area contributed by atoms with Crippen LogP contribution in [-0.2, 0) is 9.53 Å². The lowest BCUT2D eigenvalue weighted by molar-refractivity contribution is -0.139. The molecule has 0 unspecified atom stereocenters. The number of rotatable bonds is 4. The largest absolute Gasteiger partial charge is 0.625 e. The summed E-state index contributed by atoms with van der Waals surface area (Å²) in [4.78, 5) is 10.6. The van der Waals surface area contributed by atoms with Crippen molar-refractivity contribution in [3.8, 4) is 11.5 Å². The van der Waals surface area contributed by atoms with Crippen LogP contribution in [0.5, 0.6) is 11.5 Å². The lowest BCUT2D eigenvalue weighted by atomic mass is 9.89. The van der Waals surface area contributed by atoms with Crippen molar-refractivity contribution in [2.75, 3.05) is 6.61 Å². The van der Waals surface area contributed by atoms with E-state index >= 15 is 0 Å². The molecule has 98 valence electrons. The van der Waals surface area contributed by atoms with Crippen molar-refractivity contribution in [1.82, 2.24) is 0 Å². The van der Waals surface area contributed by atoms with Gasteiger partial charge in [-0.05, 0) is 31.1 Å². The SMILES string of the molecule is CC(=O)OC/C=C(C)/C=C/B1Oc2ccccc2O1. The van der Waals surface area contributed by atoms with Crippen molar-refractivity contribution >= 4 is 13.1 Å². The average Bonchev–Trinajstić information content (AvgIpc) is 2.78. The number of carbonyl (C=O) groups is 1. The van der Waals surface area contributed by atoms with E-state index in [0.29, 0.717) is 0 Å². The van der Waals surface area contributed by atoms with Crippen LogP contribution in [0.3, 0.4) is 0 Å². The van der Waals surface area contributed by atoms with Crippen LogP contribution in [-0.4, -0.2) is 19.7 Å². The van der Waals surface area contributed by atoms with Gasteiger partial charge >= 0.3 is 13.1 Å². The van der Waals surface area contributed by atoms with E-state index in [0.717, 1.165) is 17.1 Å². The highest BCUT2D eigenvalue weighted by Crippen LogP contribution is 2.32. The van der Waals surface area contributed by atoms with Gasteiger partial charge in [0.15, 0.2) is 0 Å². The Morgan fingerprint density at radius 3 is 2.47 bits per heavy atom. The lowest BCUT2D eigenvalue weighted by Gasteiger charge is -1.99. The molecule has 0 N–H and O–H groups in total. The first-order chi connectivity index (χ1) is 9.15. The quantitative estimate of drug-likeness (QED) is 0.473. The van der Waals surface area contributed by atoms with Gasteiger partial charge in [-0.2, -0.15) is 0 Å². The molecule has 1 aromatic rings. The minimum atomic E-state index is -0.408. The molecule has 5 heteroatoms. The molecule has 0 fully saturated rings. The normalized spacial score (nSPS) is 14.0. The maximum Gasteiger partial charge on any atom is 0.625 e. The number of esters is 1. The van der Waals surface area contributed by atoms with Crippen molar-refractivity contribution in [2.24, 2.45) is 0 Å². The predicted octanol–water partition coefficient (Wildman–Crippen LogP) is 2.55. The van der Waals surface area contributed by atoms with E-state index in [1.165, 1.54) is 6.92 Å². The second-order valence-electron chi connectivity index (χ2n) is 4.16. The number of benzene rings is 1. The summed E-state index contributed by atoms with van der Waals surface area (Å²) in [6.07, 6.45) is 3.69. The highest BCUT2D eigenvalue weighted by atomic mass is 16.6. The zero-order valence-corrected chi connectivity index (χ0v) is 11.0. The molecule has 19 heavy (non-hydrogen) atoms. The van der Waals surface area contributed by atoms with Gasteiger partial charge in [-0.3, -0.25) is 4.79 Å². The fourth-order valence-corrected chi connectivity index (χ4v) is 1.59. The van der Waals surface area contributed by atoms with Gasteiger partial charge in [0, 0.05) is 6.92 Å². The standard InChI is InChI=1S/C14H15BO4/c1-11(8-10-17-12(2)16)7-9-15-18-13-5-3-4-6-14(13)19-15/h3-9H,10H2,1-2H3/b9-7+,11-8+. The van der Waals surface area contributed by atoms with Crippen molar-refractivity contribution in [1.29, 1.82) is 0 Å². The highest BCUT2D eigenvalue weighted by Gasteiger charge is 2.28. The van der Waals surface area contributed by atoms with Crippen LogP contribution in [0, 0.1) is 0 Å². The maximum absolute atomic E-state index is 10.6.